The molecule has 8 nitrogen and oxygen atoms in total. The van der Waals surface area contributed by atoms with Crippen molar-refractivity contribution in [3.63, 3.8) is 0 Å². The van der Waals surface area contributed by atoms with E-state index < -0.39 is 0 Å². The molecule has 0 atom stereocenters. The van der Waals surface area contributed by atoms with Crippen molar-refractivity contribution in [1.29, 1.82) is 0 Å². The highest BCUT2D eigenvalue weighted by Gasteiger charge is 2.14. The number of methoxy groups -OCH3 is 1. The van der Waals surface area contributed by atoms with Gasteiger partial charge in [0.25, 0.3) is 5.91 Å². The minimum absolute atomic E-state index is 0.229. The first-order valence-electron chi connectivity index (χ1n) is 7.94. The number of hydrogen-bond donors (Lipinski definition) is 1. The predicted molar refractivity (Wildman–Crippen MR) is 96.1 cm³/mol. The number of ether oxygens (including phenoxy) is 1. The molecule has 1 aromatic carbocycles. The molecule has 130 valence electrons. The molecule has 4 rings (SSSR count). The molecule has 0 spiro atoms. The zero-order valence-electron chi connectivity index (χ0n) is 14.2. The summed E-state index contributed by atoms with van der Waals surface area (Å²) < 4.78 is 8.77. The summed E-state index contributed by atoms with van der Waals surface area (Å²) in [6.07, 6.45) is 5.42. The van der Waals surface area contributed by atoms with Crippen LogP contribution in [0.25, 0.3) is 16.9 Å². The Hall–Kier alpha value is -3.68. The van der Waals surface area contributed by atoms with Crippen LogP contribution in [-0.4, -0.2) is 37.4 Å². The van der Waals surface area contributed by atoms with Crippen molar-refractivity contribution in [2.75, 3.05) is 12.4 Å². The molecule has 4 aromatic rings. The number of carbonyl (C=O) groups excluding carboxylic acids is 1. The average molecular weight is 348 g/mol. The number of nitrogens with one attached hydrogen (secondary N) is 1. The summed E-state index contributed by atoms with van der Waals surface area (Å²) in [5, 5.41) is 10.4. The predicted octanol–water partition coefficient (Wildman–Crippen LogP) is 2.39. The van der Waals surface area contributed by atoms with Crippen molar-refractivity contribution >= 4 is 17.2 Å². The lowest BCUT2D eigenvalue weighted by Gasteiger charge is -2.10. The fraction of sp³-hybridized carbons (Fsp3) is 0.111. The molecule has 3 heterocycles. The van der Waals surface area contributed by atoms with Crippen LogP contribution >= 0.6 is 0 Å². The van der Waals surface area contributed by atoms with E-state index in [1.807, 2.05) is 47.1 Å². The van der Waals surface area contributed by atoms with Crippen LogP contribution in [0.15, 0.2) is 55.0 Å². The Morgan fingerprint density at radius 2 is 2.08 bits per heavy atom. The molecule has 3 aromatic heterocycles. The number of amides is 1. The molecule has 0 aliphatic carbocycles. The van der Waals surface area contributed by atoms with Crippen molar-refractivity contribution < 1.29 is 9.53 Å². The minimum atomic E-state index is -0.358. The number of anilines is 1. The maximum Gasteiger partial charge on any atom is 0.277 e. The van der Waals surface area contributed by atoms with Crippen molar-refractivity contribution in [3.8, 4) is 17.0 Å². The molecular formula is C18H16N6O2. The number of nitrogens with zero attached hydrogens (tertiary/aromatic N) is 5. The Labute approximate surface area is 149 Å². The van der Waals surface area contributed by atoms with E-state index in [4.69, 9.17) is 4.74 Å². The van der Waals surface area contributed by atoms with E-state index >= 15 is 0 Å². The minimum Gasteiger partial charge on any atom is -0.495 e. The molecule has 0 radical (unpaired) electrons. The fourth-order valence-corrected chi connectivity index (χ4v) is 2.68. The largest absolute Gasteiger partial charge is 0.495 e. The summed E-state index contributed by atoms with van der Waals surface area (Å²) in [5.74, 6) is 0.193. The molecular weight excluding hydrogens is 332 g/mol. The maximum absolute atomic E-state index is 12.4. The molecule has 0 aliphatic rings. The molecule has 0 fully saturated rings. The molecule has 0 saturated heterocycles. The Kier molecular flexibility index (Phi) is 3.85. The van der Waals surface area contributed by atoms with E-state index in [1.165, 1.54) is 4.68 Å². The molecule has 0 unspecified atom stereocenters. The second kappa shape index (κ2) is 6.32. The summed E-state index contributed by atoms with van der Waals surface area (Å²) in [7, 11) is 3.26. The SMILES string of the molecule is COc1ccc(-c2cn3ccccc3n2)cc1NC(=O)c1cn(C)nn1. The van der Waals surface area contributed by atoms with E-state index in [1.54, 1.807) is 26.4 Å². The maximum atomic E-state index is 12.4. The Morgan fingerprint density at radius 1 is 1.19 bits per heavy atom. The topological polar surface area (TPSA) is 86.3 Å². The smallest absolute Gasteiger partial charge is 0.277 e. The van der Waals surface area contributed by atoms with Gasteiger partial charge in [-0.05, 0) is 30.3 Å². The Morgan fingerprint density at radius 3 is 2.81 bits per heavy atom. The van der Waals surface area contributed by atoms with E-state index in [-0.39, 0.29) is 11.6 Å². The molecule has 1 amide bonds. The quantitative estimate of drug-likeness (QED) is 0.612. The van der Waals surface area contributed by atoms with Gasteiger partial charge in [0, 0.05) is 25.0 Å². The van der Waals surface area contributed by atoms with Crippen LogP contribution in [0.3, 0.4) is 0 Å². The fourth-order valence-electron chi connectivity index (χ4n) is 2.68. The third-order valence-corrected chi connectivity index (χ3v) is 3.94. The van der Waals surface area contributed by atoms with Crippen LogP contribution < -0.4 is 10.1 Å². The second-order valence-electron chi connectivity index (χ2n) is 5.74. The van der Waals surface area contributed by atoms with E-state index in [0.717, 1.165) is 16.9 Å². The van der Waals surface area contributed by atoms with Gasteiger partial charge in [0.1, 0.15) is 11.4 Å². The molecule has 8 heteroatoms. The lowest BCUT2D eigenvalue weighted by Crippen LogP contribution is -2.13. The number of carbonyl (C=O) groups is 1. The van der Waals surface area contributed by atoms with Gasteiger partial charge in [-0.1, -0.05) is 11.3 Å². The number of aryl methyl sites for hydroxylation is 1. The highest BCUT2D eigenvalue weighted by atomic mass is 16.5. The standard InChI is InChI=1S/C18H16N6O2/c1-23-10-15(21-22-23)18(25)20-13-9-12(6-7-16(13)26-2)14-11-24-8-4-3-5-17(24)19-14/h3-11H,1-2H3,(H,20,25). The van der Waals surface area contributed by atoms with Gasteiger partial charge in [-0.3, -0.25) is 9.48 Å². The number of aromatic nitrogens is 5. The van der Waals surface area contributed by atoms with Gasteiger partial charge in [0.2, 0.25) is 0 Å². The first-order valence-corrected chi connectivity index (χ1v) is 7.94. The van der Waals surface area contributed by atoms with Crippen molar-refractivity contribution in [2.45, 2.75) is 0 Å². The Bertz CT molecular complexity index is 1060. The van der Waals surface area contributed by atoms with Crippen molar-refractivity contribution in [1.82, 2.24) is 24.4 Å². The lowest BCUT2D eigenvalue weighted by atomic mass is 10.1. The zero-order chi connectivity index (χ0) is 18.1. The summed E-state index contributed by atoms with van der Waals surface area (Å²) in [4.78, 5) is 17.0. The average Bonchev–Trinajstić information content (AvgIpc) is 3.27. The number of rotatable bonds is 4. The number of pyridine rings is 1. The van der Waals surface area contributed by atoms with E-state index in [0.29, 0.717) is 11.4 Å². The number of hydrogen-bond acceptors (Lipinski definition) is 5. The lowest BCUT2D eigenvalue weighted by molar-refractivity contribution is 0.102. The van der Waals surface area contributed by atoms with Gasteiger partial charge in [0.15, 0.2) is 5.69 Å². The normalized spacial score (nSPS) is 10.8. The monoisotopic (exact) mass is 348 g/mol. The molecule has 26 heavy (non-hydrogen) atoms. The van der Waals surface area contributed by atoms with Gasteiger partial charge >= 0.3 is 0 Å². The van der Waals surface area contributed by atoms with Crippen LogP contribution in [0.5, 0.6) is 5.75 Å². The summed E-state index contributed by atoms with van der Waals surface area (Å²) in [5.41, 5.74) is 3.28. The number of benzene rings is 1. The van der Waals surface area contributed by atoms with Gasteiger partial charge in [0.05, 0.1) is 24.7 Å². The highest BCUT2D eigenvalue weighted by molar-refractivity contribution is 6.03. The van der Waals surface area contributed by atoms with Gasteiger partial charge < -0.3 is 14.5 Å². The van der Waals surface area contributed by atoms with Gasteiger partial charge in [-0.2, -0.15) is 0 Å². The Balaban J connectivity index is 1.69. The summed E-state index contributed by atoms with van der Waals surface area (Å²) in [6.45, 7) is 0. The highest BCUT2D eigenvalue weighted by Crippen LogP contribution is 2.30. The molecule has 0 saturated carbocycles. The van der Waals surface area contributed by atoms with E-state index in [9.17, 15) is 4.79 Å². The van der Waals surface area contributed by atoms with Crippen LogP contribution in [-0.2, 0) is 7.05 Å². The zero-order valence-corrected chi connectivity index (χ0v) is 14.2. The van der Waals surface area contributed by atoms with Crippen molar-refractivity contribution in [2.24, 2.45) is 7.05 Å². The van der Waals surface area contributed by atoms with Gasteiger partial charge in [-0.15, -0.1) is 5.10 Å². The summed E-state index contributed by atoms with van der Waals surface area (Å²) >= 11 is 0. The van der Waals surface area contributed by atoms with Crippen LogP contribution in [0.1, 0.15) is 10.5 Å². The number of fused-ring (bicyclic) bond motifs is 1. The van der Waals surface area contributed by atoms with Crippen LogP contribution in [0.4, 0.5) is 5.69 Å². The van der Waals surface area contributed by atoms with Crippen LogP contribution in [0, 0.1) is 0 Å². The van der Waals surface area contributed by atoms with Crippen molar-refractivity contribution in [3.05, 3.63) is 60.7 Å². The van der Waals surface area contributed by atoms with Gasteiger partial charge in [-0.25, -0.2) is 4.98 Å². The summed E-state index contributed by atoms with van der Waals surface area (Å²) in [6, 6.07) is 11.3. The van der Waals surface area contributed by atoms with Crippen LogP contribution in [0.2, 0.25) is 0 Å². The third kappa shape index (κ3) is 2.88. The third-order valence-electron chi connectivity index (χ3n) is 3.94. The molecule has 0 bridgehead atoms. The second-order valence-corrected chi connectivity index (χ2v) is 5.74. The van der Waals surface area contributed by atoms with E-state index in [2.05, 4.69) is 20.6 Å². The first kappa shape index (κ1) is 15.8. The molecule has 0 aliphatic heterocycles. The molecule has 1 N–H and O–H groups in total. The first-order chi connectivity index (χ1) is 12.6. The number of imidazole rings is 1.